The van der Waals surface area contributed by atoms with E-state index in [1.807, 2.05) is 18.2 Å². The van der Waals surface area contributed by atoms with Crippen LogP contribution < -0.4 is 15.0 Å². The number of rotatable bonds is 6. The summed E-state index contributed by atoms with van der Waals surface area (Å²) >= 11 is 0. The van der Waals surface area contributed by atoms with Gasteiger partial charge in [-0.15, -0.1) is 0 Å². The molecule has 1 N–H and O–H groups in total. The zero-order chi connectivity index (χ0) is 15.2. The van der Waals surface area contributed by atoms with E-state index >= 15 is 0 Å². The predicted octanol–water partition coefficient (Wildman–Crippen LogP) is 0.811. The lowest BCUT2D eigenvalue weighted by Crippen LogP contribution is -2.38. The minimum Gasteiger partial charge on any atom is -0.497 e. The molecule has 114 valence electrons. The molecule has 1 saturated heterocycles. The number of hydrogen-bond donors (Lipinski definition) is 1. The van der Waals surface area contributed by atoms with Crippen LogP contribution in [0.3, 0.4) is 0 Å². The van der Waals surface area contributed by atoms with Gasteiger partial charge < -0.3 is 19.7 Å². The first-order valence-electron chi connectivity index (χ1n) is 6.89. The van der Waals surface area contributed by atoms with Gasteiger partial charge in [-0.05, 0) is 18.6 Å². The maximum atomic E-state index is 12.4. The number of carbonyl (C=O) groups is 2. The highest BCUT2D eigenvalue weighted by atomic mass is 16.5. The van der Waals surface area contributed by atoms with Gasteiger partial charge in [0.05, 0.1) is 13.7 Å². The van der Waals surface area contributed by atoms with Crippen LogP contribution in [0.2, 0.25) is 0 Å². The Morgan fingerprint density at radius 1 is 1.43 bits per heavy atom. The lowest BCUT2D eigenvalue weighted by atomic mass is 10.1. The Kier molecular flexibility index (Phi) is 5.16. The zero-order valence-electron chi connectivity index (χ0n) is 12.3. The predicted molar refractivity (Wildman–Crippen MR) is 78.3 cm³/mol. The second kappa shape index (κ2) is 7.08. The van der Waals surface area contributed by atoms with Gasteiger partial charge >= 0.3 is 0 Å². The van der Waals surface area contributed by atoms with Gasteiger partial charge in [-0.25, -0.2) is 0 Å². The Morgan fingerprint density at radius 2 is 2.24 bits per heavy atom. The largest absolute Gasteiger partial charge is 0.497 e. The molecule has 6 nitrogen and oxygen atoms in total. The molecule has 1 atom stereocenters. The van der Waals surface area contributed by atoms with E-state index in [-0.39, 0.29) is 11.8 Å². The number of nitrogens with one attached hydrogen (secondary N) is 1. The number of anilines is 1. The summed E-state index contributed by atoms with van der Waals surface area (Å²) in [6.45, 7) is 1.39. The van der Waals surface area contributed by atoms with E-state index in [1.165, 1.54) is 0 Å². The molecule has 6 heteroatoms. The molecule has 2 rings (SSSR count). The van der Waals surface area contributed by atoms with Crippen molar-refractivity contribution in [2.75, 3.05) is 38.8 Å². The van der Waals surface area contributed by atoms with E-state index in [0.717, 1.165) is 5.69 Å². The van der Waals surface area contributed by atoms with Crippen LogP contribution in [0.25, 0.3) is 0 Å². The van der Waals surface area contributed by atoms with Crippen molar-refractivity contribution in [3.63, 3.8) is 0 Å². The Labute approximate surface area is 124 Å². The smallest absolute Gasteiger partial charge is 0.239 e. The Morgan fingerprint density at radius 3 is 2.95 bits per heavy atom. The number of hydrogen-bond acceptors (Lipinski definition) is 4. The standard InChI is InChI=1S/C15H20N2O4/c1-20-9-7-16-14(18)13-6-8-17(15(13)19)11-4-3-5-12(10-11)21-2/h3-5,10,13H,6-9H2,1-2H3,(H,16,18)/t13-/m1/s1. The fourth-order valence-electron chi connectivity index (χ4n) is 2.36. The summed E-state index contributed by atoms with van der Waals surface area (Å²) < 4.78 is 10.0. The van der Waals surface area contributed by atoms with Crippen molar-refractivity contribution < 1.29 is 19.1 Å². The summed E-state index contributed by atoms with van der Waals surface area (Å²) in [5, 5.41) is 2.71. The van der Waals surface area contributed by atoms with Crippen molar-refractivity contribution >= 4 is 17.5 Å². The van der Waals surface area contributed by atoms with E-state index in [0.29, 0.717) is 31.9 Å². The van der Waals surface area contributed by atoms with Crippen molar-refractivity contribution in [2.45, 2.75) is 6.42 Å². The van der Waals surface area contributed by atoms with E-state index in [9.17, 15) is 9.59 Å². The fraction of sp³-hybridized carbons (Fsp3) is 0.467. The molecule has 0 spiro atoms. The first-order chi connectivity index (χ1) is 10.2. The van der Waals surface area contributed by atoms with Crippen molar-refractivity contribution in [1.82, 2.24) is 5.32 Å². The maximum absolute atomic E-state index is 12.4. The first kappa shape index (κ1) is 15.3. The van der Waals surface area contributed by atoms with Crippen LogP contribution in [-0.2, 0) is 14.3 Å². The van der Waals surface area contributed by atoms with Gasteiger partial charge in [0, 0.05) is 32.0 Å². The summed E-state index contributed by atoms with van der Waals surface area (Å²) in [5.41, 5.74) is 0.756. The summed E-state index contributed by atoms with van der Waals surface area (Å²) in [7, 11) is 3.15. The summed E-state index contributed by atoms with van der Waals surface area (Å²) in [4.78, 5) is 26.0. The molecule has 0 radical (unpaired) electrons. The van der Waals surface area contributed by atoms with Gasteiger partial charge in [0.15, 0.2) is 0 Å². The summed E-state index contributed by atoms with van der Waals surface area (Å²) in [5.74, 6) is -0.332. The molecule has 1 fully saturated rings. The van der Waals surface area contributed by atoms with E-state index in [1.54, 1.807) is 25.2 Å². The van der Waals surface area contributed by atoms with Crippen LogP contribution in [0.5, 0.6) is 5.75 Å². The van der Waals surface area contributed by atoms with Crippen LogP contribution >= 0.6 is 0 Å². The van der Waals surface area contributed by atoms with E-state index in [4.69, 9.17) is 9.47 Å². The number of amides is 2. The molecule has 1 aliphatic rings. The first-order valence-corrected chi connectivity index (χ1v) is 6.89. The van der Waals surface area contributed by atoms with Crippen LogP contribution in [0.1, 0.15) is 6.42 Å². The average molecular weight is 292 g/mol. The normalized spacial score (nSPS) is 17.9. The Hall–Kier alpha value is -2.08. The molecule has 0 unspecified atom stereocenters. The summed E-state index contributed by atoms with van der Waals surface area (Å²) in [6.07, 6.45) is 0.523. The molecule has 1 heterocycles. The molecule has 1 aromatic carbocycles. The van der Waals surface area contributed by atoms with E-state index < -0.39 is 5.92 Å². The van der Waals surface area contributed by atoms with Gasteiger partial charge in [-0.1, -0.05) is 6.07 Å². The van der Waals surface area contributed by atoms with Gasteiger partial charge in [0.1, 0.15) is 11.7 Å². The van der Waals surface area contributed by atoms with Gasteiger partial charge in [0.25, 0.3) is 0 Å². The average Bonchev–Trinajstić information content (AvgIpc) is 2.89. The number of methoxy groups -OCH3 is 2. The number of carbonyl (C=O) groups excluding carboxylic acids is 2. The quantitative estimate of drug-likeness (QED) is 0.622. The second-order valence-corrected chi connectivity index (χ2v) is 4.82. The lowest BCUT2D eigenvalue weighted by molar-refractivity contribution is -0.132. The van der Waals surface area contributed by atoms with Crippen LogP contribution in [0.4, 0.5) is 5.69 Å². The van der Waals surface area contributed by atoms with Crippen LogP contribution in [-0.4, -0.2) is 45.7 Å². The van der Waals surface area contributed by atoms with Gasteiger partial charge in [-0.3, -0.25) is 9.59 Å². The molecule has 1 aliphatic heterocycles. The summed E-state index contributed by atoms with van der Waals surface area (Å²) in [6, 6.07) is 7.28. The van der Waals surface area contributed by atoms with E-state index in [2.05, 4.69) is 5.32 Å². The van der Waals surface area contributed by atoms with Gasteiger partial charge in [0.2, 0.25) is 11.8 Å². The number of nitrogens with zero attached hydrogens (tertiary/aromatic N) is 1. The van der Waals surface area contributed by atoms with Crippen molar-refractivity contribution in [1.29, 1.82) is 0 Å². The molecule has 1 aromatic rings. The second-order valence-electron chi connectivity index (χ2n) is 4.82. The molecule has 21 heavy (non-hydrogen) atoms. The molecule has 2 amide bonds. The van der Waals surface area contributed by atoms with Crippen molar-refractivity contribution in [3.05, 3.63) is 24.3 Å². The third kappa shape index (κ3) is 3.52. The van der Waals surface area contributed by atoms with Crippen molar-refractivity contribution in [3.8, 4) is 5.75 Å². The van der Waals surface area contributed by atoms with Gasteiger partial charge in [-0.2, -0.15) is 0 Å². The molecule has 0 bridgehead atoms. The molecule has 0 aromatic heterocycles. The highest BCUT2D eigenvalue weighted by Crippen LogP contribution is 2.27. The monoisotopic (exact) mass is 292 g/mol. The number of benzene rings is 1. The topological polar surface area (TPSA) is 67.9 Å². The van der Waals surface area contributed by atoms with Crippen molar-refractivity contribution in [2.24, 2.45) is 5.92 Å². The minimum absolute atomic E-state index is 0.168. The highest BCUT2D eigenvalue weighted by Gasteiger charge is 2.37. The maximum Gasteiger partial charge on any atom is 0.239 e. The SMILES string of the molecule is COCCNC(=O)[C@H]1CCN(c2cccc(OC)c2)C1=O. The molecular weight excluding hydrogens is 272 g/mol. The zero-order valence-corrected chi connectivity index (χ0v) is 12.3. The third-order valence-electron chi connectivity index (χ3n) is 3.49. The number of ether oxygens (including phenoxy) is 2. The van der Waals surface area contributed by atoms with Crippen LogP contribution in [0, 0.1) is 5.92 Å². The molecular formula is C15H20N2O4. The highest BCUT2D eigenvalue weighted by molar-refractivity contribution is 6.09. The van der Waals surface area contributed by atoms with Crippen LogP contribution in [0.15, 0.2) is 24.3 Å². The third-order valence-corrected chi connectivity index (χ3v) is 3.49. The molecule has 0 aliphatic carbocycles. The lowest BCUT2D eigenvalue weighted by Gasteiger charge is -2.17. The fourth-order valence-corrected chi connectivity index (χ4v) is 2.36. The Bertz CT molecular complexity index is 518. The molecule has 0 saturated carbocycles. The Balaban J connectivity index is 2.02. The minimum atomic E-state index is -0.618.